The summed E-state index contributed by atoms with van der Waals surface area (Å²) in [6, 6.07) is 21.0. The fourth-order valence-electron chi connectivity index (χ4n) is 4.21. The zero-order valence-corrected chi connectivity index (χ0v) is 11.5. The maximum absolute atomic E-state index is 12.6. The summed E-state index contributed by atoms with van der Waals surface area (Å²) in [4.78, 5) is 12.6. The second-order valence-electron chi connectivity index (χ2n) is 6.16. The molecule has 0 N–H and O–H groups in total. The number of benzene rings is 2. The summed E-state index contributed by atoms with van der Waals surface area (Å²) in [6.45, 7) is 0. The predicted octanol–water partition coefficient (Wildman–Crippen LogP) is 4.09. The first-order valence-corrected chi connectivity index (χ1v) is 7.45. The highest BCUT2D eigenvalue weighted by Gasteiger charge is 2.63. The minimum absolute atomic E-state index is 0.0600. The van der Waals surface area contributed by atoms with Crippen LogP contribution < -0.4 is 0 Å². The Morgan fingerprint density at radius 1 is 0.900 bits per heavy atom. The quantitative estimate of drug-likeness (QED) is 0.796. The Bertz CT molecular complexity index is 631. The van der Waals surface area contributed by atoms with E-state index in [1.807, 2.05) is 18.2 Å². The van der Waals surface area contributed by atoms with E-state index < -0.39 is 0 Å². The van der Waals surface area contributed by atoms with Gasteiger partial charge in [0.1, 0.15) is 5.78 Å². The molecule has 100 valence electrons. The summed E-state index contributed by atoms with van der Waals surface area (Å²) >= 11 is 0. The molecule has 0 radical (unpaired) electrons. The van der Waals surface area contributed by atoms with Gasteiger partial charge in [-0.3, -0.25) is 4.79 Å². The van der Waals surface area contributed by atoms with E-state index in [1.165, 1.54) is 17.5 Å². The fourth-order valence-corrected chi connectivity index (χ4v) is 4.21. The van der Waals surface area contributed by atoms with Crippen molar-refractivity contribution in [3.63, 3.8) is 0 Å². The molecule has 0 amide bonds. The highest BCUT2D eigenvalue weighted by atomic mass is 16.1. The van der Waals surface area contributed by atoms with Crippen LogP contribution in [0.4, 0.5) is 0 Å². The van der Waals surface area contributed by atoms with Crippen LogP contribution in [0, 0.1) is 5.92 Å². The molecular formula is C19H18O. The van der Waals surface area contributed by atoms with Gasteiger partial charge in [0.15, 0.2) is 0 Å². The number of rotatable bonds is 2. The zero-order chi connectivity index (χ0) is 13.6. The molecule has 1 heteroatoms. The third-order valence-corrected chi connectivity index (χ3v) is 5.17. The summed E-state index contributed by atoms with van der Waals surface area (Å²) in [5.74, 6) is 1.17. The molecule has 2 aromatic rings. The molecule has 2 fully saturated rings. The molecule has 1 nitrogen and oxygen atoms in total. The first kappa shape index (κ1) is 11.9. The van der Waals surface area contributed by atoms with Crippen LogP contribution in [0.5, 0.6) is 0 Å². The van der Waals surface area contributed by atoms with Crippen molar-refractivity contribution in [1.29, 1.82) is 0 Å². The van der Waals surface area contributed by atoms with Crippen molar-refractivity contribution in [3.05, 3.63) is 71.8 Å². The molecule has 20 heavy (non-hydrogen) atoms. The number of hydrogen-bond acceptors (Lipinski definition) is 1. The molecule has 0 aliphatic heterocycles. The van der Waals surface area contributed by atoms with E-state index in [0.29, 0.717) is 11.7 Å². The minimum atomic E-state index is 0.0600. The SMILES string of the molecule is O=C1CCC2CC2(c2ccccc2)C1c1ccccc1. The van der Waals surface area contributed by atoms with Crippen molar-refractivity contribution in [2.75, 3.05) is 0 Å². The van der Waals surface area contributed by atoms with E-state index in [9.17, 15) is 4.79 Å². The van der Waals surface area contributed by atoms with Crippen LogP contribution in [0.25, 0.3) is 0 Å². The monoisotopic (exact) mass is 262 g/mol. The maximum Gasteiger partial charge on any atom is 0.141 e. The van der Waals surface area contributed by atoms with Crippen molar-refractivity contribution < 1.29 is 4.79 Å². The summed E-state index contributed by atoms with van der Waals surface area (Å²) in [5, 5.41) is 0. The van der Waals surface area contributed by atoms with Crippen molar-refractivity contribution in [1.82, 2.24) is 0 Å². The second-order valence-corrected chi connectivity index (χ2v) is 6.16. The Hall–Kier alpha value is -1.89. The van der Waals surface area contributed by atoms with Crippen LogP contribution >= 0.6 is 0 Å². The van der Waals surface area contributed by atoms with E-state index in [0.717, 1.165) is 12.8 Å². The fraction of sp³-hybridized carbons (Fsp3) is 0.316. The van der Waals surface area contributed by atoms with Crippen LogP contribution in [-0.4, -0.2) is 5.78 Å². The molecule has 3 unspecified atom stereocenters. The third-order valence-electron chi connectivity index (χ3n) is 5.17. The van der Waals surface area contributed by atoms with Gasteiger partial charge >= 0.3 is 0 Å². The van der Waals surface area contributed by atoms with Gasteiger partial charge in [-0.15, -0.1) is 0 Å². The normalized spacial score (nSPS) is 31.7. The lowest BCUT2D eigenvalue weighted by Crippen LogP contribution is -2.32. The molecular weight excluding hydrogens is 244 g/mol. The molecule has 0 saturated heterocycles. The maximum atomic E-state index is 12.6. The van der Waals surface area contributed by atoms with Crippen LogP contribution in [0.15, 0.2) is 60.7 Å². The van der Waals surface area contributed by atoms with E-state index in [1.54, 1.807) is 0 Å². The standard InChI is InChI=1S/C19H18O/c20-17-12-11-16-13-19(16,15-9-5-2-6-10-15)18(17)14-7-3-1-4-8-14/h1-10,16,18H,11-13H2. The average Bonchev–Trinajstić information content (AvgIpc) is 3.24. The molecule has 2 aliphatic rings. The van der Waals surface area contributed by atoms with Crippen molar-refractivity contribution in [2.24, 2.45) is 5.92 Å². The zero-order valence-electron chi connectivity index (χ0n) is 11.5. The van der Waals surface area contributed by atoms with Gasteiger partial charge in [0, 0.05) is 11.8 Å². The number of fused-ring (bicyclic) bond motifs is 1. The van der Waals surface area contributed by atoms with Crippen molar-refractivity contribution >= 4 is 5.78 Å². The van der Waals surface area contributed by atoms with Gasteiger partial charge in [-0.2, -0.15) is 0 Å². The summed E-state index contributed by atoms with van der Waals surface area (Å²) in [5.41, 5.74) is 2.63. The van der Waals surface area contributed by atoms with Crippen LogP contribution in [-0.2, 0) is 10.2 Å². The number of Topliss-reactive ketones (excluding diaryl/α,β-unsaturated/α-hetero) is 1. The number of carbonyl (C=O) groups excluding carboxylic acids is 1. The van der Waals surface area contributed by atoms with Gasteiger partial charge in [0.25, 0.3) is 0 Å². The minimum Gasteiger partial charge on any atom is -0.299 e. The lowest BCUT2D eigenvalue weighted by atomic mass is 9.70. The van der Waals surface area contributed by atoms with Crippen LogP contribution in [0.3, 0.4) is 0 Å². The van der Waals surface area contributed by atoms with Gasteiger partial charge in [-0.1, -0.05) is 60.7 Å². The molecule has 4 rings (SSSR count). The van der Waals surface area contributed by atoms with Gasteiger partial charge in [0.2, 0.25) is 0 Å². The van der Waals surface area contributed by atoms with Gasteiger partial charge in [-0.05, 0) is 29.9 Å². The van der Waals surface area contributed by atoms with Crippen molar-refractivity contribution in [3.8, 4) is 0 Å². The summed E-state index contributed by atoms with van der Waals surface area (Å²) in [6.07, 6.45) is 2.98. The first-order valence-electron chi connectivity index (χ1n) is 7.45. The Kier molecular flexibility index (Phi) is 2.56. The number of ketones is 1. The lowest BCUT2D eigenvalue weighted by molar-refractivity contribution is -0.122. The first-order chi connectivity index (χ1) is 9.82. The van der Waals surface area contributed by atoms with Crippen LogP contribution in [0.2, 0.25) is 0 Å². The molecule has 0 spiro atoms. The Morgan fingerprint density at radius 3 is 2.25 bits per heavy atom. The Labute approximate surface area is 119 Å². The number of hydrogen-bond donors (Lipinski definition) is 0. The van der Waals surface area contributed by atoms with E-state index >= 15 is 0 Å². The molecule has 0 heterocycles. The summed E-state index contributed by atoms with van der Waals surface area (Å²) in [7, 11) is 0. The van der Waals surface area contributed by atoms with Gasteiger partial charge in [-0.25, -0.2) is 0 Å². The van der Waals surface area contributed by atoms with E-state index in [-0.39, 0.29) is 11.3 Å². The largest absolute Gasteiger partial charge is 0.299 e. The molecule has 2 aliphatic carbocycles. The van der Waals surface area contributed by atoms with Crippen LogP contribution in [0.1, 0.15) is 36.3 Å². The predicted molar refractivity (Wildman–Crippen MR) is 79.7 cm³/mol. The van der Waals surface area contributed by atoms with Gasteiger partial charge in [0.05, 0.1) is 5.92 Å². The topological polar surface area (TPSA) is 17.1 Å². The summed E-state index contributed by atoms with van der Waals surface area (Å²) < 4.78 is 0. The molecule has 2 saturated carbocycles. The Morgan fingerprint density at radius 2 is 1.55 bits per heavy atom. The van der Waals surface area contributed by atoms with Gasteiger partial charge < -0.3 is 0 Å². The van der Waals surface area contributed by atoms with E-state index in [2.05, 4.69) is 42.5 Å². The Balaban J connectivity index is 1.84. The highest BCUT2D eigenvalue weighted by molar-refractivity contribution is 5.90. The molecule has 2 aromatic carbocycles. The average molecular weight is 262 g/mol. The van der Waals surface area contributed by atoms with E-state index in [4.69, 9.17) is 0 Å². The molecule has 3 atom stereocenters. The van der Waals surface area contributed by atoms with Crippen molar-refractivity contribution in [2.45, 2.75) is 30.6 Å². The molecule has 0 bridgehead atoms. The molecule has 0 aromatic heterocycles. The second kappa shape index (κ2) is 4.31. The smallest absolute Gasteiger partial charge is 0.141 e. The lowest BCUT2D eigenvalue weighted by Gasteiger charge is -2.32. The number of carbonyl (C=O) groups is 1. The third kappa shape index (κ3) is 1.59. The highest BCUT2D eigenvalue weighted by Crippen LogP contribution is 2.66.